The highest BCUT2D eigenvalue weighted by molar-refractivity contribution is 5.80. The molecule has 1 amide bonds. The normalized spacial score (nSPS) is 22.8. The Hall–Kier alpha value is -0.530. The number of nitrogens with one attached hydrogen (secondary N) is 1. The summed E-state index contributed by atoms with van der Waals surface area (Å²) in [6, 6.07) is 0. The molecule has 0 saturated carbocycles. The second kappa shape index (κ2) is 6.86. The standard InChI is InChI=1S/C13H25NO/c1-3-4-5-6-7-11(2)10-12-8-9-14-13(12)15/h11-12H,3-10H2,1-2H3,(H,14,15). The molecule has 2 heteroatoms. The van der Waals surface area contributed by atoms with Crippen molar-refractivity contribution in [3.8, 4) is 0 Å². The van der Waals surface area contributed by atoms with E-state index in [2.05, 4.69) is 19.2 Å². The summed E-state index contributed by atoms with van der Waals surface area (Å²) in [5.74, 6) is 1.32. The first kappa shape index (κ1) is 12.5. The zero-order valence-corrected chi connectivity index (χ0v) is 10.2. The van der Waals surface area contributed by atoms with Gasteiger partial charge in [0.05, 0.1) is 0 Å². The monoisotopic (exact) mass is 211 g/mol. The number of carbonyl (C=O) groups is 1. The minimum absolute atomic E-state index is 0.287. The number of rotatable bonds is 7. The highest BCUT2D eigenvalue weighted by Gasteiger charge is 2.25. The van der Waals surface area contributed by atoms with Crippen LogP contribution in [0.4, 0.5) is 0 Å². The van der Waals surface area contributed by atoms with Crippen molar-refractivity contribution in [2.75, 3.05) is 6.54 Å². The molecule has 0 aromatic heterocycles. The largest absolute Gasteiger partial charge is 0.356 e. The summed E-state index contributed by atoms with van der Waals surface area (Å²) < 4.78 is 0. The lowest BCUT2D eigenvalue weighted by atomic mass is 9.91. The molecular formula is C13H25NO. The maximum Gasteiger partial charge on any atom is 0.223 e. The summed E-state index contributed by atoms with van der Waals surface area (Å²) in [6.45, 7) is 5.43. The van der Waals surface area contributed by atoms with E-state index in [1.165, 1.54) is 32.1 Å². The van der Waals surface area contributed by atoms with E-state index in [9.17, 15) is 4.79 Å². The van der Waals surface area contributed by atoms with Gasteiger partial charge in [0, 0.05) is 12.5 Å². The Bertz CT molecular complexity index is 191. The Morgan fingerprint density at radius 2 is 2.20 bits per heavy atom. The first-order valence-electron chi connectivity index (χ1n) is 6.51. The van der Waals surface area contributed by atoms with Crippen molar-refractivity contribution in [1.82, 2.24) is 5.32 Å². The summed E-state index contributed by atoms with van der Waals surface area (Å²) in [6.07, 6.45) is 8.80. The number of unbranched alkanes of at least 4 members (excludes halogenated alkanes) is 3. The second-order valence-corrected chi connectivity index (χ2v) is 4.97. The van der Waals surface area contributed by atoms with Gasteiger partial charge < -0.3 is 5.32 Å². The maximum atomic E-state index is 11.4. The molecule has 0 aromatic rings. The summed E-state index contributed by atoms with van der Waals surface area (Å²) in [4.78, 5) is 11.4. The molecule has 0 spiro atoms. The highest BCUT2D eigenvalue weighted by atomic mass is 16.2. The van der Waals surface area contributed by atoms with Gasteiger partial charge in [-0.3, -0.25) is 4.79 Å². The second-order valence-electron chi connectivity index (χ2n) is 4.97. The van der Waals surface area contributed by atoms with E-state index in [1.807, 2.05) is 0 Å². The molecule has 0 aromatic carbocycles. The molecule has 2 atom stereocenters. The predicted molar refractivity (Wildman–Crippen MR) is 63.7 cm³/mol. The third-order valence-electron chi connectivity index (χ3n) is 3.40. The van der Waals surface area contributed by atoms with E-state index in [4.69, 9.17) is 0 Å². The molecule has 1 rings (SSSR count). The zero-order chi connectivity index (χ0) is 11.1. The van der Waals surface area contributed by atoms with Crippen LogP contribution in [-0.2, 0) is 4.79 Å². The van der Waals surface area contributed by atoms with E-state index >= 15 is 0 Å². The van der Waals surface area contributed by atoms with Gasteiger partial charge in [0.25, 0.3) is 0 Å². The molecule has 1 heterocycles. The van der Waals surface area contributed by atoms with Crippen LogP contribution in [-0.4, -0.2) is 12.5 Å². The third kappa shape index (κ3) is 4.67. The van der Waals surface area contributed by atoms with E-state index in [0.717, 1.165) is 25.3 Å². The molecule has 1 N–H and O–H groups in total. The van der Waals surface area contributed by atoms with Crippen LogP contribution in [0.5, 0.6) is 0 Å². The topological polar surface area (TPSA) is 29.1 Å². The maximum absolute atomic E-state index is 11.4. The van der Waals surface area contributed by atoms with Crippen LogP contribution in [0.25, 0.3) is 0 Å². The molecule has 15 heavy (non-hydrogen) atoms. The van der Waals surface area contributed by atoms with Crippen LogP contribution in [0.3, 0.4) is 0 Å². The SMILES string of the molecule is CCCCCCC(C)CC1CCNC1=O. The fourth-order valence-corrected chi connectivity index (χ4v) is 2.39. The fourth-order valence-electron chi connectivity index (χ4n) is 2.39. The summed E-state index contributed by atoms with van der Waals surface area (Å²) in [5, 5.41) is 2.91. The van der Waals surface area contributed by atoms with Crippen molar-refractivity contribution in [1.29, 1.82) is 0 Å². The molecule has 0 bridgehead atoms. The summed E-state index contributed by atoms with van der Waals surface area (Å²) >= 11 is 0. The lowest BCUT2D eigenvalue weighted by Gasteiger charge is -2.14. The quantitative estimate of drug-likeness (QED) is 0.644. The van der Waals surface area contributed by atoms with Crippen LogP contribution in [0.2, 0.25) is 0 Å². The fraction of sp³-hybridized carbons (Fsp3) is 0.923. The van der Waals surface area contributed by atoms with Crippen molar-refractivity contribution >= 4 is 5.91 Å². The molecule has 1 fully saturated rings. The average molecular weight is 211 g/mol. The molecule has 2 unspecified atom stereocenters. The van der Waals surface area contributed by atoms with E-state index in [1.54, 1.807) is 0 Å². The first-order valence-corrected chi connectivity index (χ1v) is 6.51. The minimum Gasteiger partial charge on any atom is -0.356 e. The Balaban J connectivity index is 2.07. The molecule has 88 valence electrons. The molecule has 1 aliphatic heterocycles. The smallest absolute Gasteiger partial charge is 0.223 e. The molecule has 0 aliphatic carbocycles. The van der Waals surface area contributed by atoms with Gasteiger partial charge in [0.15, 0.2) is 0 Å². The van der Waals surface area contributed by atoms with Gasteiger partial charge in [-0.25, -0.2) is 0 Å². The van der Waals surface area contributed by atoms with E-state index in [-0.39, 0.29) is 5.91 Å². The number of carbonyl (C=O) groups excluding carboxylic acids is 1. The van der Waals surface area contributed by atoms with Crippen LogP contribution in [0.1, 0.15) is 58.8 Å². The summed E-state index contributed by atoms with van der Waals surface area (Å²) in [7, 11) is 0. The lowest BCUT2D eigenvalue weighted by Crippen LogP contribution is -2.20. The van der Waals surface area contributed by atoms with Crippen LogP contribution < -0.4 is 5.32 Å². The molecule has 2 nitrogen and oxygen atoms in total. The Morgan fingerprint density at radius 3 is 2.80 bits per heavy atom. The lowest BCUT2D eigenvalue weighted by molar-refractivity contribution is -0.122. The number of amides is 1. The first-order chi connectivity index (χ1) is 7.24. The molecule has 0 radical (unpaired) electrons. The van der Waals surface area contributed by atoms with Gasteiger partial charge in [0.1, 0.15) is 0 Å². The van der Waals surface area contributed by atoms with Crippen molar-refractivity contribution in [3.63, 3.8) is 0 Å². The van der Waals surface area contributed by atoms with Crippen molar-refractivity contribution in [2.24, 2.45) is 11.8 Å². The minimum atomic E-state index is 0.287. The van der Waals surface area contributed by atoms with Gasteiger partial charge in [-0.15, -0.1) is 0 Å². The van der Waals surface area contributed by atoms with Crippen molar-refractivity contribution in [2.45, 2.75) is 58.8 Å². The van der Waals surface area contributed by atoms with Crippen molar-refractivity contribution in [3.05, 3.63) is 0 Å². The highest BCUT2D eigenvalue weighted by Crippen LogP contribution is 2.23. The van der Waals surface area contributed by atoms with Crippen LogP contribution >= 0.6 is 0 Å². The van der Waals surface area contributed by atoms with Gasteiger partial charge in [0.2, 0.25) is 5.91 Å². The summed E-state index contributed by atoms with van der Waals surface area (Å²) in [5.41, 5.74) is 0. The van der Waals surface area contributed by atoms with E-state index < -0.39 is 0 Å². The number of hydrogen-bond donors (Lipinski definition) is 1. The Kier molecular flexibility index (Phi) is 5.74. The Morgan fingerprint density at radius 1 is 1.40 bits per heavy atom. The van der Waals surface area contributed by atoms with Gasteiger partial charge in [-0.2, -0.15) is 0 Å². The average Bonchev–Trinajstić information content (AvgIpc) is 2.59. The number of hydrogen-bond acceptors (Lipinski definition) is 1. The molecule has 1 aliphatic rings. The van der Waals surface area contributed by atoms with Crippen LogP contribution in [0, 0.1) is 11.8 Å². The predicted octanol–water partition coefficient (Wildman–Crippen LogP) is 3.12. The molecule has 1 saturated heterocycles. The van der Waals surface area contributed by atoms with Crippen LogP contribution in [0.15, 0.2) is 0 Å². The molecular weight excluding hydrogens is 186 g/mol. The van der Waals surface area contributed by atoms with Gasteiger partial charge >= 0.3 is 0 Å². The van der Waals surface area contributed by atoms with E-state index in [0.29, 0.717) is 5.92 Å². The van der Waals surface area contributed by atoms with Gasteiger partial charge in [-0.05, 0) is 18.8 Å². The van der Waals surface area contributed by atoms with Gasteiger partial charge in [-0.1, -0.05) is 46.0 Å². The van der Waals surface area contributed by atoms with Crippen molar-refractivity contribution < 1.29 is 4.79 Å². The zero-order valence-electron chi connectivity index (χ0n) is 10.2. The third-order valence-corrected chi connectivity index (χ3v) is 3.40. The Labute approximate surface area is 93.8 Å².